The number of nitriles is 1. The van der Waals surface area contributed by atoms with Gasteiger partial charge in [0.2, 0.25) is 0 Å². The fourth-order valence-electron chi connectivity index (χ4n) is 1.65. The molecule has 0 fully saturated rings. The van der Waals surface area contributed by atoms with Gasteiger partial charge in [-0.25, -0.2) is 4.39 Å². The first kappa shape index (κ1) is 13.5. The van der Waals surface area contributed by atoms with Crippen molar-refractivity contribution in [1.29, 1.82) is 5.26 Å². The summed E-state index contributed by atoms with van der Waals surface area (Å²) in [4.78, 5) is 0. The Morgan fingerprint density at radius 3 is 2.71 bits per heavy atom. The molecule has 0 aliphatic rings. The van der Waals surface area contributed by atoms with Crippen molar-refractivity contribution in [3.8, 4) is 6.07 Å². The molecule has 0 heterocycles. The summed E-state index contributed by atoms with van der Waals surface area (Å²) in [6, 6.07) is 6.07. The lowest BCUT2D eigenvalue weighted by Gasteiger charge is -2.30. The molecule has 1 atom stereocenters. The van der Waals surface area contributed by atoms with Crippen LogP contribution in [-0.2, 0) is 0 Å². The smallest absolute Gasteiger partial charge is 0.126 e. The summed E-state index contributed by atoms with van der Waals surface area (Å²) < 4.78 is 13.2. The maximum Gasteiger partial charge on any atom is 0.126 e. The molecule has 2 N–H and O–H groups in total. The van der Waals surface area contributed by atoms with Crippen LogP contribution in [-0.4, -0.2) is 17.3 Å². The predicted molar refractivity (Wildman–Crippen MR) is 65.1 cm³/mol. The number of halogens is 1. The SMILES string of the molecule is CCC(C)(CCO)Nc1cc(F)cc(C#N)c1. The standard InChI is InChI=1S/C13H17FN2O/c1-3-13(2,4-5-17)16-12-7-10(9-15)6-11(14)8-12/h6-8,16-17H,3-5H2,1-2H3. The van der Waals surface area contributed by atoms with E-state index in [1.807, 2.05) is 19.9 Å². The second-order valence-corrected chi connectivity index (χ2v) is 4.35. The lowest BCUT2D eigenvalue weighted by atomic mass is 9.94. The molecular weight excluding hydrogens is 219 g/mol. The minimum Gasteiger partial charge on any atom is -0.396 e. The van der Waals surface area contributed by atoms with Gasteiger partial charge in [-0.15, -0.1) is 0 Å². The van der Waals surface area contributed by atoms with Crippen LogP contribution in [0.25, 0.3) is 0 Å². The maximum atomic E-state index is 13.2. The summed E-state index contributed by atoms with van der Waals surface area (Å²) in [5.74, 6) is -0.436. The highest BCUT2D eigenvalue weighted by molar-refractivity contribution is 5.51. The molecule has 4 heteroatoms. The third-order valence-corrected chi connectivity index (χ3v) is 2.92. The molecule has 0 aliphatic heterocycles. The van der Waals surface area contributed by atoms with Gasteiger partial charge in [-0.1, -0.05) is 6.92 Å². The number of hydrogen-bond acceptors (Lipinski definition) is 3. The third kappa shape index (κ3) is 3.72. The van der Waals surface area contributed by atoms with Crippen molar-refractivity contribution in [2.45, 2.75) is 32.2 Å². The number of aliphatic hydroxyl groups is 1. The lowest BCUT2D eigenvalue weighted by molar-refractivity contribution is 0.252. The van der Waals surface area contributed by atoms with Crippen LogP contribution in [0.1, 0.15) is 32.3 Å². The van der Waals surface area contributed by atoms with Gasteiger partial charge < -0.3 is 10.4 Å². The van der Waals surface area contributed by atoms with Gasteiger partial charge in [0.15, 0.2) is 0 Å². The Bertz CT molecular complexity index is 428. The number of hydrogen-bond donors (Lipinski definition) is 2. The van der Waals surface area contributed by atoms with Gasteiger partial charge in [0, 0.05) is 17.8 Å². The highest BCUT2D eigenvalue weighted by atomic mass is 19.1. The van der Waals surface area contributed by atoms with E-state index >= 15 is 0 Å². The number of nitrogens with zero attached hydrogens (tertiary/aromatic N) is 1. The van der Waals surface area contributed by atoms with E-state index in [9.17, 15) is 4.39 Å². The lowest BCUT2D eigenvalue weighted by Crippen LogP contribution is -2.35. The molecule has 1 unspecified atom stereocenters. The fourth-order valence-corrected chi connectivity index (χ4v) is 1.65. The molecule has 0 spiro atoms. The molecule has 0 radical (unpaired) electrons. The summed E-state index contributed by atoms with van der Waals surface area (Å²) in [6.45, 7) is 4.02. The number of benzene rings is 1. The molecule has 0 aromatic heterocycles. The first-order valence-electron chi connectivity index (χ1n) is 5.63. The Morgan fingerprint density at radius 2 is 2.18 bits per heavy atom. The predicted octanol–water partition coefficient (Wildman–Crippen LogP) is 2.66. The van der Waals surface area contributed by atoms with Crippen LogP contribution in [0.2, 0.25) is 0 Å². The van der Waals surface area contributed by atoms with E-state index in [0.29, 0.717) is 12.1 Å². The average molecular weight is 236 g/mol. The minimum atomic E-state index is -0.436. The average Bonchev–Trinajstić information content (AvgIpc) is 2.28. The van der Waals surface area contributed by atoms with Crippen molar-refractivity contribution in [3.63, 3.8) is 0 Å². The van der Waals surface area contributed by atoms with Crippen LogP contribution in [0, 0.1) is 17.1 Å². The van der Waals surface area contributed by atoms with Crippen LogP contribution < -0.4 is 5.32 Å². The van der Waals surface area contributed by atoms with Crippen LogP contribution >= 0.6 is 0 Å². The number of aliphatic hydroxyl groups excluding tert-OH is 1. The topological polar surface area (TPSA) is 56.0 Å². The molecule has 0 bridgehead atoms. The summed E-state index contributed by atoms with van der Waals surface area (Å²) in [5, 5.41) is 20.9. The largest absolute Gasteiger partial charge is 0.396 e. The van der Waals surface area contributed by atoms with E-state index in [4.69, 9.17) is 10.4 Å². The van der Waals surface area contributed by atoms with Gasteiger partial charge in [0.25, 0.3) is 0 Å². The van der Waals surface area contributed by atoms with E-state index in [-0.39, 0.29) is 17.7 Å². The third-order valence-electron chi connectivity index (χ3n) is 2.92. The molecule has 1 rings (SSSR count). The normalized spacial score (nSPS) is 13.8. The molecule has 0 saturated heterocycles. The van der Waals surface area contributed by atoms with E-state index in [1.54, 1.807) is 6.07 Å². The second-order valence-electron chi connectivity index (χ2n) is 4.35. The molecule has 1 aromatic carbocycles. The summed E-state index contributed by atoms with van der Waals surface area (Å²) in [7, 11) is 0. The van der Waals surface area contributed by atoms with Gasteiger partial charge in [0.05, 0.1) is 11.6 Å². The number of nitrogens with one attached hydrogen (secondary N) is 1. The Labute approximate surface area is 101 Å². The van der Waals surface area contributed by atoms with Gasteiger partial charge in [-0.2, -0.15) is 5.26 Å². The van der Waals surface area contributed by atoms with Gasteiger partial charge in [0.1, 0.15) is 5.82 Å². The van der Waals surface area contributed by atoms with Crippen molar-refractivity contribution < 1.29 is 9.50 Å². The molecule has 1 aromatic rings. The molecule has 3 nitrogen and oxygen atoms in total. The molecule has 0 amide bonds. The van der Waals surface area contributed by atoms with Crippen LogP contribution in [0.4, 0.5) is 10.1 Å². The van der Waals surface area contributed by atoms with Crippen molar-refractivity contribution >= 4 is 5.69 Å². The zero-order chi connectivity index (χ0) is 12.9. The Balaban J connectivity index is 2.94. The van der Waals surface area contributed by atoms with E-state index < -0.39 is 5.82 Å². The first-order chi connectivity index (χ1) is 8.03. The van der Waals surface area contributed by atoms with E-state index in [2.05, 4.69) is 5.32 Å². The van der Waals surface area contributed by atoms with Crippen LogP contribution in [0.3, 0.4) is 0 Å². The Morgan fingerprint density at radius 1 is 1.47 bits per heavy atom. The van der Waals surface area contributed by atoms with Crippen molar-refractivity contribution in [3.05, 3.63) is 29.6 Å². The molecular formula is C13H17FN2O. The summed E-state index contributed by atoms with van der Waals surface area (Å²) >= 11 is 0. The van der Waals surface area contributed by atoms with Gasteiger partial charge in [-0.3, -0.25) is 0 Å². The fraction of sp³-hybridized carbons (Fsp3) is 0.462. The zero-order valence-electron chi connectivity index (χ0n) is 10.1. The molecule has 0 aliphatic carbocycles. The first-order valence-corrected chi connectivity index (χ1v) is 5.63. The molecule has 17 heavy (non-hydrogen) atoms. The van der Waals surface area contributed by atoms with E-state index in [1.165, 1.54) is 12.1 Å². The van der Waals surface area contributed by atoms with Crippen molar-refractivity contribution in [1.82, 2.24) is 0 Å². The Kier molecular flexibility index (Phi) is 4.47. The Hall–Kier alpha value is -1.60. The second kappa shape index (κ2) is 5.65. The van der Waals surface area contributed by atoms with Crippen LogP contribution in [0.15, 0.2) is 18.2 Å². The van der Waals surface area contributed by atoms with E-state index in [0.717, 1.165) is 6.42 Å². The monoisotopic (exact) mass is 236 g/mol. The number of rotatable bonds is 5. The highest BCUT2D eigenvalue weighted by Gasteiger charge is 2.21. The summed E-state index contributed by atoms with van der Waals surface area (Å²) in [6.07, 6.45) is 1.37. The quantitative estimate of drug-likeness (QED) is 0.826. The number of anilines is 1. The van der Waals surface area contributed by atoms with Gasteiger partial charge in [-0.05, 0) is 38.0 Å². The zero-order valence-corrected chi connectivity index (χ0v) is 10.1. The molecule has 92 valence electrons. The van der Waals surface area contributed by atoms with Crippen molar-refractivity contribution in [2.24, 2.45) is 0 Å². The van der Waals surface area contributed by atoms with Gasteiger partial charge >= 0.3 is 0 Å². The summed E-state index contributed by atoms with van der Waals surface area (Å²) in [5.41, 5.74) is 0.559. The molecule has 0 saturated carbocycles. The van der Waals surface area contributed by atoms with Crippen molar-refractivity contribution in [2.75, 3.05) is 11.9 Å². The maximum absolute atomic E-state index is 13.2. The van der Waals surface area contributed by atoms with Crippen LogP contribution in [0.5, 0.6) is 0 Å². The highest BCUT2D eigenvalue weighted by Crippen LogP contribution is 2.23. The minimum absolute atomic E-state index is 0.0672.